The number of benzene rings is 2. The minimum Gasteiger partial charge on any atom is -0.348 e. The second-order valence-corrected chi connectivity index (χ2v) is 6.09. The smallest absolute Gasteiger partial charge is 0.249 e. The molecule has 1 atom stereocenters. The SMILES string of the molecule is Cc1ccccc1CNC(=O)C1=CNC(=O)C[C@H]1c1cccc(F)c1. The Morgan fingerprint density at radius 1 is 1.24 bits per heavy atom. The molecule has 2 amide bonds. The lowest BCUT2D eigenvalue weighted by Crippen LogP contribution is -2.34. The zero-order valence-corrected chi connectivity index (χ0v) is 13.9. The van der Waals surface area contributed by atoms with Crippen molar-refractivity contribution in [1.82, 2.24) is 10.6 Å². The van der Waals surface area contributed by atoms with E-state index in [9.17, 15) is 14.0 Å². The predicted octanol–water partition coefficient (Wildman–Crippen LogP) is 2.94. The number of aryl methyl sites for hydroxylation is 1. The van der Waals surface area contributed by atoms with E-state index in [1.807, 2.05) is 31.2 Å². The highest BCUT2D eigenvalue weighted by atomic mass is 19.1. The summed E-state index contributed by atoms with van der Waals surface area (Å²) in [6.45, 7) is 2.38. The third-order valence-electron chi connectivity index (χ3n) is 4.37. The average molecular weight is 338 g/mol. The molecule has 5 heteroatoms. The summed E-state index contributed by atoms with van der Waals surface area (Å²) in [6, 6.07) is 13.8. The van der Waals surface area contributed by atoms with Crippen molar-refractivity contribution in [2.45, 2.75) is 25.8 Å². The molecule has 3 rings (SSSR count). The first-order valence-corrected chi connectivity index (χ1v) is 8.12. The summed E-state index contributed by atoms with van der Waals surface area (Å²) in [7, 11) is 0. The number of hydrogen-bond acceptors (Lipinski definition) is 2. The zero-order chi connectivity index (χ0) is 17.8. The second kappa shape index (κ2) is 7.30. The van der Waals surface area contributed by atoms with Crippen LogP contribution in [0.25, 0.3) is 0 Å². The van der Waals surface area contributed by atoms with Gasteiger partial charge >= 0.3 is 0 Å². The maximum absolute atomic E-state index is 13.5. The molecule has 1 heterocycles. The van der Waals surface area contributed by atoms with Gasteiger partial charge in [0.15, 0.2) is 0 Å². The van der Waals surface area contributed by atoms with Crippen LogP contribution in [-0.4, -0.2) is 11.8 Å². The molecule has 0 saturated carbocycles. The van der Waals surface area contributed by atoms with E-state index >= 15 is 0 Å². The van der Waals surface area contributed by atoms with Gasteiger partial charge in [0.05, 0.1) is 0 Å². The molecule has 0 saturated heterocycles. The lowest BCUT2D eigenvalue weighted by molar-refractivity contribution is -0.121. The molecule has 25 heavy (non-hydrogen) atoms. The fraction of sp³-hybridized carbons (Fsp3) is 0.200. The molecule has 0 unspecified atom stereocenters. The van der Waals surface area contributed by atoms with Gasteiger partial charge in [0.25, 0.3) is 0 Å². The third-order valence-corrected chi connectivity index (χ3v) is 4.37. The topological polar surface area (TPSA) is 58.2 Å². The summed E-state index contributed by atoms with van der Waals surface area (Å²) in [5.41, 5.74) is 3.17. The van der Waals surface area contributed by atoms with Crippen molar-refractivity contribution in [3.8, 4) is 0 Å². The van der Waals surface area contributed by atoms with Gasteiger partial charge in [0.1, 0.15) is 5.82 Å². The minimum atomic E-state index is -0.457. The van der Waals surface area contributed by atoms with Crippen LogP contribution in [0.3, 0.4) is 0 Å². The van der Waals surface area contributed by atoms with Gasteiger partial charge in [0.2, 0.25) is 11.8 Å². The van der Waals surface area contributed by atoms with E-state index in [1.54, 1.807) is 12.1 Å². The van der Waals surface area contributed by atoms with Gasteiger partial charge in [-0.15, -0.1) is 0 Å². The summed E-state index contributed by atoms with van der Waals surface area (Å²) in [6.07, 6.45) is 1.54. The van der Waals surface area contributed by atoms with Crippen molar-refractivity contribution in [1.29, 1.82) is 0 Å². The van der Waals surface area contributed by atoms with Crippen LogP contribution < -0.4 is 10.6 Å². The first-order chi connectivity index (χ1) is 12.0. The Kier molecular flexibility index (Phi) is 4.93. The highest BCUT2D eigenvalue weighted by molar-refractivity contribution is 5.98. The minimum absolute atomic E-state index is 0.118. The summed E-state index contributed by atoms with van der Waals surface area (Å²) in [5.74, 6) is -1.30. The summed E-state index contributed by atoms with van der Waals surface area (Å²) >= 11 is 0. The van der Waals surface area contributed by atoms with E-state index < -0.39 is 5.92 Å². The molecule has 0 bridgehead atoms. The van der Waals surface area contributed by atoms with E-state index in [1.165, 1.54) is 18.3 Å². The van der Waals surface area contributed by atoms with Crippen molar-refractivity contribution >= 4 is 11.8 Å². The third kappa shape index (κ3) is 3.94. The van der Waals surface area contributed by atoms with Crippen LogP contribution in [0, 0.1) is 12.7 Å². The Balaban J connectivity index is 1.79. The normalized spacial score (nSPS) is 16.8. The van der Waals surface area contributed by atoms with Gasteiger partial charge in [-0.25, -0.2) is 4.39 Å². The number of nitrogens with one attached hydrogen (secondary N) is 2. The van der Waals surface area contributed by atoms with E-state index in [0.717, 1.165) is 11.1 Å². The van der Waals surface area contributed by atoms with Gasteiger partial charge in [-0.3, -0.25) is 9.59 Å². The lowest BCUT2D eigenvalue weighted by atomic mass is 9.86. The molecule has 128 valence electrons. The fourth-order valence-electron chi connectivity index (χ4n) is 2.94. The van der Waals surface area contributed by atoms with Crippen LogP contribution in [0.15, 0.2) is 60.3 Å². The van der Waals surface area contributed by atoms with Gasteiger partial charge in [0, 0.05) is 30.7 Å². The van der Waals surface area contributed by atoms with Crippen LogP contribution in [0.5, 0.6) is 0 Å². The Morgan fingerprint density at radius 3 is 2.80 bits per heavy atom. The second-order valence-electron chi connectivity index (χ2n) is 6.09. The monoisotopic (exact) mass is 338 g/mol. The van der Waals surface area contributed by atoms with Crippen molar-refractivity contribution in [3.63, 3.8) is 0 Å². The maximum atomic E-state index is 13.5. The lowest BCUT2D eigenvalue weighted by Gasteiger charge is -2.24. The molecular weight excluding hydrogens is 319 g/mol. The number of rotatable bonds is 4. The van der Waals surface area contributed by atoms with Gasteiger partial charge < -0.3 is 10.6 Å². The molecule has 2 N–H and O–H groups in total. The molecule has 0 aromatic heterocycles. The number of amides is 2. The van der Waals surface area contributed by atoms with Crippen molar-refractivity contribution in [3.05, 3.63) is 82.8 Å². The molecule has 0 aliphatic carbocycles. The van der Waals surface area contributed by atoms with Crippen molar-refractivity contribution < 1.29 is 14.0 Å². The molecule has 1 aliphatic heterocycles. The quantitative estimate of drug-likeness (QED) is 0.900. The van der Waals surface area contributed by atoms with Crippen molar-refractivity contribution in [2.24, 2.45) is 0 Å². The van der Waals surface area contributed by atoms with Gasteiger partial charge in [-0.2, -0.15) is 0 Å². The number of halogens is 1. The van der Waals surface area contributed by atoms with Gasteiger partial charge in [-0.1, -0.05) is 36.4 Å². The van der Waals surface area contributed by atoms with E-state index in [2.05, 4.69) is 10.6 Å². The number of carbonyl (C=O) groups excluding carboxylic acids is 2. The predicted molar refractivity (Wildman–Crippen MR) is 93.0 cm³/mol. The summed E-state index contributed by atoms with van der Waals surface area (Å²) in [5, 5.41) is 5.47. The molecule has 0 fully saturated rings. The van der Waals surface area contributed by atoms with Crippen LogP contribution in [0.2, 0.25) is 0 Å². The average Bonchev–Trinajstić information content (AvgIpc) is 2.60. The molecule has 2 aromatic rings. The molecule has 1 aliphatic rings. The first kappa shape index (κ1) is 16.9. The summed E-state index contributed by atoms with van der Waals surface area (Å²) in [4.78, 5) is 24.4. The van der Waals surface area contributed by atoms with Crippen molar-refractivity contribution in [2.75, 3.05) is 0 Å². The van der Waals surface area contributed by atoms with E-state index in [-0.39, 0.29) is 24.1 Å². The molecule has 2 aromatic carbocycles. The Labute approximate surface area is 145 Å². The van der Waals surface area contributed by atoms with Crippen LogP contribution >= 0.6 is 0 Å². The highest BCUT2D eigenvalue weighted by Gasteiger charge is 2.28. The molecular formula is C20H19FN2O2. The Bertz CT molecular complexity index is 845. The first-order valence-electron chi connectivity index (χ1n) is 8.12. The highest BCUT2D eigenvalue weighted by Crippen LogP contribution is 2.30. The van der Waals surface area contributed by atoms with Gasteiger partial charge in [-0.05, 0) is 35.7 Å². The van der Waals surface area contributed by atoms with Crippen LogP contribution in [-0.2, 0) is 16.1 Å². The molecule has 0 spiro atoms. The molecule has 4 nitrogen and oxygen atoms in total. The van der Waals surface area contributed by atoms with Crippen LogP contribution in [0.1, 0.15) is 29.0 Å². The van der Waals surface area contributed by atoms with E-state index in [4.69, 9.17) is 0 Å². The largest absolute Gasteiger partial charge is 0.348 e. The fourth-order valence-corrected chi connectivity index (χ4v) is 2.94. The van der Waals surface area contributed by atoms with Crippen LogP contribution in [0.4, 0.5) is 4.39 Å². The Morgan fingerprint density at radius 2 is 2.04 bits per heavy atom. The number of hydrogen-bond donors (Lipinski definition) is 2. The van der Waals surface area contributed by atoms with E-state index in [0.29, 0.717) is 17.7 Å². The number of carbonyl (C=O) groups is 2. The maximum Gasteiger partial charge on any atom is 0.249 e. The summed E-state index contributed by atoms with van der Waals surface area (Å²) < 4.78 is 13.5. The zero-order valence-electron chi connectivity index (χ0n) is 13.9. The standard InChI is InChI=1S/C20H19FN2O2/c1-13-5-2-3-6-15(13)11-23-20(25)18-12-22-19(24)10-17(18)14-7-4-8-16(21)9-14/h2-9,12,17H,10-11H2,1H3,(H,22,24)(H,23,25)/t17-/m0/s1. The Hall–Kier alpha value is -2.95. The molecule has 0 radical (unpaired) electrons.